The normalized spacial score (nSPS) is 17.3. The minimum Gasteiger partial charge on any atom is -0.469 e. The molecule has 0 unspecified atom stereocenters. The summed E-state index contributed by atoms with van der Waals surface area (Å²) < 4.78 is 4.38. The molecule has 0 aromatic rings. The summed E-state index contributed by atoms with van der Waals surface area (Å²) in [5, 5.41) is 0. The molecule has 0 aromatic carbocycles. The van der Waals surface area contributed by atoms with Crippen molar-refractivity contribution in [3.63, 3.8) is 0 Å². The van der Waals surface area contributed by atoms with Crippen LogP contribution < -0.4 is 0 Å². The minimum absolute atomic E-state index is 0.0770. The Morgan fingerprint density at radius 3 is 2.25 bits per heavy atom. The van der Waals surface area contributed by atoms with Gasteiger partial charge in [-0.05, 0) is 6.42 Å². The van der Waals surface area contributed by atoms with Gasteiger partial charge in [0.2, 0.25) is 0 Å². The molecule has 88 valence electrons. The van der Waals surface area contributed by atoms with Crippen LogP contribution in [0.1, 0.15) is 32.1 Å². The van der Waals surface area contributed by atoms with Crippen molar-refractivity contribution in [1.82, 2.24) is 0 Å². The fourth-order valence-electron chi connectivity index (χ4n) is 1.74. The van der Waals surface area contributed by atoms with Gasteiger partial charge >= 0.3 is 5.97 Å². The van der Waals surface area contributed by atoms with Crippen LogP contribution in [0.3, 0.4) is 0 Å². The van der Waals surface area contributed by atoms with E-state index in [4.69, 9.17) is 0 Å². The fraction of sp³-hybridized carbons (Fsp3) is 0.636. The van der Waals surface area contributed by atoms with E-state index in [1.165, 1.54) is 7.11 Å². The lowest BCUT2D eigenvalue weighted by atomic mass is 9.82. The van der Waals surface area contributed by atoms with Gasteiger partial charge in [0.15, 0.2) is 17.3 Å². The van der Waals surface area contributed by atoms with Crippen molar-refractivity contribution in [2.24, 2.45) is 5.92 Å². The molecular weight excluding hydrogens is 212 g/mol. The highest BCUT2D eigenvalue weighted by molar-refractivity contribution is 6.20. The van der Waals surface area contributed by atoms with Gasteiger partial charge in [-0.3, -0.25) is 19.2 Å². The summed E-state index contributed by atoms with van der Waals surface area (Å²) in [4.78, 5) is 45.2. The Balaban J connectivity index is 2.54. The SMILES string of the molecule is COC(=O)CCC(=O)C1C(=O)CCCC1=O. The third kappa shape index (κ3) is 2.98. The van der Waals surface area contributed by atoms with Gasteiger partial charge in [0.05, 0.1) is 13.5 Å². The molecule has 1 rings (SSSR count). The number of carbonyl (C=O) groups excluding carboxylic acids is 4. The second-order valence-corrected chi connectivity index (χ2v) is 3.76. The molecule has 16 heavy (non-hydrogen) atoms. The molecule has 0 bridgehead atoms. The number of ketones is 3. The number of ether oxygens (including phenoxy) is 1. The van der Waals surface area contributed by atoms with E-state index < -0.39 is 17.7 Å². The van der Waals surface area contributed by atoms with E-state index in [-0.39, 0.29) is 37.2 Å². The molecule has 0 radical (unpaired) electrons. The average Bonchev–Trinajstić information content (AvgIpc) is 2.25. The average molecular weight is 226 g/mol. The van der Waals surface area contributed by atoms with E-state index in [2.05, 4.69) is 4.74 Å². The quantitative estimate of drug-likeness (QED) is 0.513. The molecule has 0 amide bonds. The van der Waals surface area contributed by atoms with Gasteiger partial charge in [-0.25, -0.2) is 0 Å². The van der Waals surface area contributed by atoms with Crippen molar-refractivity contribution in [3.05, 3.63) is 0 Å². The molecular formula is C11H14O5. The molecule has 0 atom stereocenters. The summed E-state index contributed by atoms with van der Waals surface area (Å²) in [7, 11) is 1.23. The molecule has 0 heterocycles. The summed E-state index contributed by atoms with van der Waals surface area (Å²) >= 11 is 0. The zero-order valence-electron chi connectivity index (χ0n) is 9.15. The lowest BCUT2D eigenvalue weighted by Crippen LogP contribution is -2.35. The van der Waals surface area contributed by atoms with Crippen molar-refractivity contribution in [2.75, 3.05) is 7.11 Å². The number of Topliss-reactive ketones (excluding diaryl/α,β-unsaturated/α-hetero) is 3. The molecule has 1 aliphatic rings. The van der Waals surface area contributed by atoms with Crippen LogP contribution >= 0.6 is 0 Å². The molecule has 0 saturated heterocycles. The highest BCUT2D eigenvalue weighted by atomic mass is 16.5. The van der Waals surface area contributed by atoms with Crippen LogP contribution in [0.25, 0.3) is 0 Å². The Labute approximate surface area is 93.1 Å². The van der Waals surface area contributed by atoms with Crippen LogP contribution in [0.5, 0.6) is 0 Å². The largest absolute Gasteiger partial charge is 0.469 e. The van der Waals surface area contributed by atoms with E-state index in [1.807, 2.05) is 0 Å². The number of methoxy groups -OCH3 is 1. The van der Waals surface area contributed by atoms with Crippen LogP contribution in [0.4, 0.5) is 0 Å². The van der Waals surface area contributed by atoms with Crippen LogP contribution in [0.2, 0.25) is 0 Å². The lowest BCUT2D eigenvalue weighted by Gasteiger charge is -2.17. The van der Waals surface area contributed by atoms with E-state index in [1.54, 1.807) is 0 Å². The molecule has 0 N–H and O–H groups in total. The van der Waals surface area contributed by atoms with E-state index in [0.29, 0.717) is 6.42 Å². The van der Waals surface area contributed by atoms with Crippen LogP contribution in [-0.4, -0.2) is 30.4 Å². The molecule has 5 nitrogen and oxygen atoms in total. The van der Waals surface area contributed by atoms with Gasteiger partial charge in [-0.2, -0.15) is 0 Å². The third-order valence-electron chi connectivity index (χ3n) is 2.62. The third-order valence-corrected chi connectivity index (χ3v) is 2.62. The summed E-state index contributed by atoms with van der Waals surface area (Å²) in [6, 6.07) is 0. The second-order valence-electron chi connectivity index (χ2n) is 3.76. The van der Waals surface area contributed by atoms with Gasteiger partial charge in [-0.15, -0.1) is 0 Å². The lowest BCUT2D eigenvalue weighted by molar-refractivity contribution is -0.146. The predicted octanol–water partition coefficient (Wildman–Crippen LogP) is 0.447. The molecule has 5 heteroatoms. The molecule has 0 spiro atoms. The van der Waals surface area contributed by atoms with Crippen molar-refractivity contribution in [2.45, 2.75) is 32.1 Å². The number of hydrogen-bond donors (Lipinski definition) is 0. The van der Waals surface area contributed by atoms with Gasteiger partial charge < -0.3 is 4.74 Å². The number of rotatable bonds is 4. The molecule has 0 aromatic heterocycles. The number of hydrogen-bond acceptors (Lipinski definition) is 5. The van der Waals surface area contributed by atoms with Crippen molar-refractivity contribution < 1.29 is 23.9 Å². The smallest absolute Gasteiger partial charge is 0.305 e. The molecule has 1 saturated carbocycles. The maximum atomic E-state index is 11.6. The number of carbonyl (C=O) groups is 4. The standard InChI is InChI=1S/C11H14O5/c1-16-10(15)6-5-9(14)11-7(12)3-2-4-8(11)13/h11H,2-6H2,1H3. The molecule has 1 fully saturated rings. The molecule has 1 aliphatic carbocycles. The van der Waals surface area contributed by atoms with E-state index in [0.717, 1.165) is 0 Å². The first-order valence-corrected chi connectivity index (χ1v) is 5.21. The zero-order chi connectivity index (χ0) is 12.1. The molecule has 0 aliphatic heterocycles. The summed E-state index contributed by atoms with van der Waals surface area (Å²) in [6.45, 7) is 0. The second kappa shape index (κ2) is 5.53. The maximum absolute atomic E-state index is 11.6. The number of esters is 1. The summed E-state index contributed by atoms with van der Waals surface area (Å²) in [6.07, 6.45) is 0.903. The highest BCUT2D eigenvalue weighted by Crippen LogP contribution is 2.19. The van der Waals surface area contributed by atoms with E-state index >= 15 is 0 Å². The van der Waals surface area contributed by atoms with Crippen molar-refractivity contribution in [1.29, 1.82) is 0 Å². The Hall–Kier alpha value is -1.52. The Morgan fingerprint density at radius 1 is 1.19 bits per heavy atom. The van der Waals surface area contributed by atoms with Gasteiger partial charge in [-0.1, -0.05) is 0 Å². The van der Waals surface area contributed by atoms with Crippen molar-refractivity contribution in [3.8, 4) is 0 Å². The monoisotopic (exact) mass is 226 g/mol. The predicted molar refractivity (Wildman–Crippen MR) is 53.6 cm³/mol. The first kappa shape index (κ1) is 12.5. The van der Waals surface area contributed by atoms with Gasteiger partial charge in [0, 0.05) is 19.3 Å². The maximum Gasteiger partial charge on any atom is 0.305 e. The van der Waals surface area contributed by atoms with Gasteiger partial charge in [0.1, 0.15) is 5.92 Å². The zero-order valence-corrected chi connectivity index (χ0v) is 9.15. The van der Waals surface area contributed by atoms with Crippen LogP contribution in [-0.2, 0) is 23.9 Å². The topological polar surface area (TPSA) is 77.5 Å². The first-order valence-electron chi connectivity index (χ1n) is 5.21. The Morgan fingerprint density at radius 2 is 1.75 bits per heavy atom. The van der Waals surface area contributed by atoms with Crippen LogP contribution in [0, 0.1) is 5.92 Å². The Kier molecular flexibility index (Phi) is 4.34. The Bertz CT molecular complexity index is 315. The van der Waals surface area contributed by atoms with Crippen molar-refractivity contribution >= 4 is 23.3 Å². The van der Waals surface area contributed by atoms with Crippen LogP contribution in [0.15, 0.2) is 0 Å². The fourth-order valence-corrected chi connectivity index (χ4v) is 1.74. The summed E-state index contributed by atoms with van der Waals surface area (Å²) in [5.41, 5.74) is 0. The van der Waals surface area contributed by atoms with E-state index in [9.17, 15) is 19.2 Å². The minimum atomic E-state index is -1.13. The summed E-state index contributed by atoms with van der Waals surface area (Å²) in [5.74, 6) is -2.72. The van der Waals surface area contributed by atoms with Gasteiger partial charge in [0.25, 0.3) is 0 Å². The highest BCUT2D eigenvalue weighted by Gasteiger charge is 2.35. The first-order chi connectivity index (χ1) is 7.56.